The molecule has 0 spiro atoms. The molecule has 37 heavy (non-hydrogen) atoms. The lowest BCUT2D eigenvalue weighted by molar-refractivity contribution is 0.0659. The number of amides is 2. The highest BCUT2D eigenvalue weighted by Gasteiger charge is 2.39. The van der Waals surface area contributed by atoms with Crippen molar-refractivity contribution in [1.82, 2.24) is 14.8 Å². The number of hydrogen-bond acceptors (Lipinski definition) is 4. The Kier molecular flexibility index (Phi) is 6.78. The van der Waals surface area contributed by atoms with Crippen LogP contribution < -0.4 is 15.5 Å². The third-order valence-corrected chi connectivity index (χ3v) is 7.12. The Morgan fingerprint density at radius 1 is 1.14 bits per heavy atom. The van der Waals surface area contributed by atoms with Crippen molar-refractivity contribution < 1.29 is 23.1 Å². The number of nitrogens with zero attached hydrogens (tertiary/aromatic N) is 2. The van der Waals surface area contributed by atoms with E-state index in [9.17, 15) is 23.2 Å². The number of aromatic nitrogens is 1. The quantitative estimate of drug-likeness (QED) is 0.546. The van der Waals surface area contributed by atoms with E-state index in [2.05, 4.69) is 12.2 Å². The zero-order valence-corrected chi connectivity index (χ0v) is 20.4. The molecule has 1 N–H and O–H groups in total. The molecule has 2 aliphatic rings. The van der Waals surface area contributed by atoms with E-state index in [1.165, 1.54) is 12.3 Å². The molecule has 7 nitrogen and oxygen atoms in total. The van der Waals surface area contributed by atoms with Crippen molar-refractivity contribution in [2.24, 2.45) is 5.92 Å². The molecule has 2 amide bonds. The molecular formula is C28H27F2N3O4. The highest BCUT2D eigenvalue weighted by atomic mass is 19.1. The molecule has 0 aliphatic carbocycles. The van der Waals surface area contributed by atoms with Gasteiger partial charge in [-0.3, -0.25) is 14.4 Å². The maximum Gasteiger partial charge on any atom is 0.274 e. The summed E-state index contributed by atoms with van der Waals surface area (Å²) in [7, 11) is 0. The third kappa shape index (κ3) is 4.85. The lowest BCUT2D eigenvalue weighted by atomic mass is 9.95. The predicted octanol–water partition coefficient (Wildman–Crippen LogP) is 4.06. The summed E-state index contributed by atoms with van der Waals surface area (Å²) in [4.78, 5) is 41.9. The van der Waals surface area contributed by atoms with E-state index in [1.807, 2.05) is 30.3 Å². The van der Waals surface area contributed by atoms with Crippen LogP contribution in [0.5, 0.6) is 5.75 Å². The van der Waals surface area contributed by atoms with Crippen LogP contribution in [0.25, 0.3) is 0 Å². The van der Waals surface area contributed by atoms with E-state index in [1.54, 1.807) is 9.47 Å². The number of halogens is 2. The van der Waals surface area contributed by atoms with Crippen molar-refractivity contribution >= 4 is 11.8 Å². The molecule has 1 aromatic heterocycles. The van der Waals surface area contributed by atoms with Crippen molar-refractivity contribution in [2.45, 2.75) is 39.0 Å². The van der Waals surface area contributed by atoms with Gasteiger partial charge >= 0.3 is 0 Å². The molecule has 3 aromatic rings. The fourth-order valence-corrected chi connectivity index (χ4v) is 5.03. The fraction of sp³-hybridized carbons (Fsp3) is 0.321. The molecule has 0 radical (unpaired) electrons. The van der Waals surface area contributed by atoms with Gasteiger partial charge in [0.1, 0.15) is 23.8 Å². The largest absolute Gasteiger partial charge is 0.483 e. The van der Waals surface area contributed by atoms with Crippen LogP contribution in [0.3, 0.4) is 0 Å². The van der Waals surface area contributed by atoms with E-state index in [0.29, 0.717) is 13.1 Å². The van der Waals surface area contributed by atoms with Crippen LogP contribution in [0.15, 0.2) is 59.5 Å². The van der Waals surface area contributed by atoms with Gasteiger partial charge < -0.3 is 19.5 Å². The van der Waals surface area contributed by atoms with Crippen LogP contribution in [0.1, 0.15) is 57.8 Å². The summed E-state index contributed by atoms with van der Waals surface area (Å²) in [6, 6.07) is 12.2. The summed E-state index contributed by atoms with van der Waals surface area (Å²) in [5.74, 6) is -2.52. The van der Waals surface area contributed by atoms with E-state index in [0.717, 1.165) is 30.5 Å². The second kappa shape index (κ2) is 10.2. The number of carbonyl (C=O) groups excluding carboxylic acids is 2. The lowest BCUT2D eigenvalue weighted by Crippen LogP contribution is -2.46. The Morgan fingerprint density at radius 2 is 1.92 bits per heavy atom. The summed E-state index contributed by atoms with van der Waals surface area (Å²) in [5.41, 5.74) is 0.118. The molecule has 2 atom stereocenters. The summed E-state index contributed by atoms with van der Waals surface area (Å²) >= 11 is 0. The molecule has 192 valence electrons. The van der Waals surface area contributed by atoms with E-state index in [4.69, 9.17) is 4.74 Å². The zero-order chi connectivity index (χ0) is 26.1. The Bertz CT molecular complexity index is 1410. The normalized spacial score (nSPS) is 18.7. The number of benzene rings is 2. The van der Waals surface area contributed by atoms with Gasteiger partial charge in [-0.2, -0.15) is 0 Å². The van der Waals surface area contributed by atoms with Gasteiger partial charge in [-0.1, -0.05) is 43.3 Å². The Labute approximate surface area is 212 Å². The van der Waals surface area contributed by atoms with Gasteiger partial charge in [-0.25, -0.2) is 8.78 Å². The first-order valence-electron chi connectivity index (χ1n) is 12.3. The van der Waals surface area contributed by atoms with Crippen molar-refractivity contribution in [1.29, 1.82) is 0 Å². The molecular weight excluding hydrogens is 480 g/mol. The first-order valence-corrected chi connectivity index (χ1v) is 12.3. The van der Waals surface area contributed by atoms with Crippen molar-refractivity contribution in [3.8, 4) is 5.75 Å². The van der Waals surface area contributed by atoms with Gasteiger partial charge in [-0.15, -0.1) is 0 Å². The zero-order valence-electron chi connectivity index (χ0n) is 20.4. The number of fused-ring (bicyclic) bond motifs is 4. The molecule has 0 saturated carbocycles. The van der Waals surface area contributed by atoms with Gasteiger partial charge in [0.15, 0.2) is 11.4 Å². The molecule has 9 heteroatoms. The topological polar surface area (TPSA) is 80.6 Å². The van der Waals surface area contributed by atoms with Crippen molar-refractivity contribution in [3.05, 3.63) is 99.0 Å². The van der Waals surface area contributed by atoms with Gasteiger partial charge in [-0.05, 0) is 30.4 Å². The smallest absolute Gasteiger partial charge is 0.274 e. The highest BCUT2D eigenvalue weighted by molar-refractivity contribution is 5.99. The van der Waals surface area contributed by atoms with Crippen LogP contribution >= 0.6 is 0 Å². The standard InChI is InChI=1S/C28H27F2N3O4/c1-17-6-5-11-32-15-23(17)33-14-21(27(35)31-13-19-9-10-20(29)12-22(19)30)25(34)26(24(33)28(32)36)37-16-18-7-3-2-4-8-18/h2-4,7-10,12,14,17,23H,5-6,11,13,15-16H2,1H3,(H,31,35). The lowest BCUT2D eigenvalue weighted by Gasteiger charge is -2.37. The van der Waals surface area contributed by atoms with Gasteiger partial charge in [0, 0.05) is 37.5 Å². The maximum atomic E-state index is 14.1. The molecule has 2 aromatic carbocycles. The predicted molar refractivity (Wildman–Crippen MR) is 132 cm³/mol. The average Bonchev–Trinajstić information content (AvgIpc) is 3.06. The number of nitrogens with one attached hydrogen (secondary N) is 1. The Morgan fingerprint density at radius 3 is 2.68 bits per heavy atom. The second-order valence-electron chi connectivity index (χ2n) is 9.59. The van der Waals surface area contributed by atoms with E-state index in [-0.39, 0.29) is 53.6 Å². The number of pyridine rings is 1. The van der Waals surface area contributed by atoms with E-state index >= 15 is 0 Å². The number of ether oxygens (including phenoxy) is 1. The summed E-state index contributed by atoms with van der Waals surface area (Å²) in [6.45, 7) is 2.97. The number of carbonyl (C=O) groups is 2. The molecule has 2 aliphatic heterocycles. The van der Waals surface area contributed by atoms with Crippen molar-refractivity contribution in [2.75, 3.05) is 13.1 Å². The second-order valence-corrected chi connectivity index (χ2v) is 9.59. The van der Waals surface area contributed by atoms with Crippen LogP contribution in [0, 0.1) is 17.6 Å². The minimum atomic E-state index is -0.799. The summed E-state index contributed by atoms with van der Waals surface area (Å²) in [6.07, 6.45) is 3.16. The van der Waals surface area contributed by atoms with E-state index < -0.39 is 23.0 Å². The van der Waals surface area contributed by atoms with Crippen LogP contribution in [-0.4, -0.2) is 34.4 Å². The number of rotatable bonds is 6. The summed E-state index contributed by atoms with van der Waals surface area (Å²) < 4.78 is 35.0. The highest BCUT2D eigenvalue weighted by Crippen LogP contribution is 2.35. The Hall–Kier alpha value is -4.01. The molecule has 1 fully saturated rings. The van der Waals surface area contributed by atoms with Crippen LogP contribution in [0.2, 0.25) is 0 Å². The van der Waals surface area contributed by atoms with Gasteiger partial charge in [0.05, 0.1) is 6.04 Å². The van der Waals surface area contributed by atoms with Crippen molar-refractivity contribution in [3.63, 3.8) is 0 Å². The molecule has 1 saturated heterocycles. The number of hydrogen-bond donors (Lipinski definition) is 1. The molecule has 3 heterocycles. The van der Waals surface area contributed by atoms with Gasteiger partial charge in [0.2, 0.25) is 5.43 Å². The Balaban J connectivity index is 1.54. The minimum Gasteiger partial charge on any atom is -0.483 e. The van der Waals surface area contributed by atoms with Crippen LogP contribution in [-0.2, 0) is 13.2 Å². The first kappa shape index (κ1) is 24.7. The molecule has 5 rings (SSSR count). The average molecular weight is 508 g/mol. The maximum absolute atomic E-state index is 14.1. The fourth-order valence-electron chi connectivity index (χ4n) is 5.03. The minimum absolute atomic E-state index is 0.0441. The van der Waals surface area contributed by atoms with Gasteiger partial charge in [0.25, 0.3) is 11.8 Å². The molecule has 2 bridgehead atoms. The SMILES string of the molecule is CC1CCCN2CC1n1cc(C(=O)NCc3ccc(F)cc3F)c(=O)c(OCc3ccccc3)c1C2=O. The molecule has 2 unspecified atom stereocenters. The first-order chi connectivity index (χ1) is 17.8. The van der Waals surface area contributed by atoms with Crippen LogP contribution in [0.4, 0.5) is 8.78 Å². The third-order valence-electron chi connectivity index (χ3n) is 7.12. The summed E-state index contributed by atoms with van der Waals surface area (Å²) in [5, 5.41) is 2.55. The monoisotopic (exact) mass is 507 g/mol.